The molecular formula is C15H26N2O. The summed E-state index contributed by atoms with van der Waals surface area (Å²) >= 11 is 0. The number of ether oxygens (including phenoxy) is 1. The second-order valence-electron chi connectivity index (χ2n) is 4.37. The predicted octanol–water partition coefficient (Wildman–Crippen LogP) is 2.45. The zero-order valence-electron chi connectivity index (χ0n) is 11.9. The molecule has 0 spiro atoms. The zero-order valence-corrected chi connectivity index (χ0v) is 11.9. The van der Waals surface area contributed by atoms with Crippen molar-refractivity contribution in [2.75, 3.05) is 44.3 Å². The Morgan fingerprint density at radius 1 is 1.22 bits per heavy atom. The van der Waals surface area contributed by atoms with Gasteiger partial charge in [0, 0.05) is 38.5 Å². The summed E-state index contributed by atoms with van der Waals surface area (Å²) in [4.78, 5) is 2.39. The predicted molar refractivity (Wildman–Crippen MR) is 78.4 cm³/mol. The maximum Gasteiger partial charge on any atom is 0.0590 e. The van der Waals surface area contributed by atoms with Crippen LogP contribution in [0.25, 0.3) is 0 Å². The van der Waals surface area contributed by atoms with E-state index in [2.05, 4.69) is 48.3 Å². The van der Waals surface area contributed by atoms with Crippen LogP contribution >= 0.6 is 0 Å². The van der Waals surface area contributed by atoms with Crippen LogP contribution in [0.4, 0.5) is 5.69 Å². The van der Waals surface area contributed by atoms with Crippen molar-refractivity contribution >= 4 is 5.69 Å². The van der Waals surface area contributed by atoms with Gasteiger partial charge in [0.25, 0.3) is 0 Å². The number of benzene rings is 1. The third kappa shape index (κ3) is 5.52. The van der Waals surface area contributed by atoms with Crippen LogP contribution in [-0.2, 0) is 4.74 Å². The first-order valence-electron chi connectivity index (χ1n) is 6.88. The molecule has 3 heteroatoms. The molecule has 0 aliphatic heterocycles. The fourth-order valence-corrected chi connectivity index (χ4v) is 1.92. The Bertz CT molecular complexity index is 328. The minimum atomic E-state index is 0.798. The van der Waals surface area contributed by atoms with Gasteiger partial charge in [0.05, 0.1) is 6.61 Å². The van der Waals surface area contributed by atoms with Gasteiger partial charge >= 0.3 is 0 Å². The molecule has 0 saturated heterocycles. The van der Waals surface area contributed by atoms with E-state index in [0.29, 0.717) is 0 Å². The van der Waals surface area contributed by atoms with Gasteiger partial charge in [-0.1, -0.05) is 12.1 Å². The molecule has 0 radical (unpaired) electrons. The lowest BCUT2D eigenvalue weighted by atomic mass is 10.2. The maximum atomic E-state index is 5.29. The van der Waals surface area contributed by atoms with Gasteiger partial charge in [0.2, 0.25) is 0 Å². The highest BCUT2D eigenvalue weighted by molar-refractivity contribution is 5.48. The number of likely N-dealkylation sites (N-methyl/N-ethyl adjacent to an activating group) is 1. The van der Waals surface area contributed by atoms with Crippen molar-refractivity contribution in [2.45, 2.75) is 20.8 Å². The van der Waals surface area contributed by atoms with Crippen molar-refractivity contribution in [3.8, 4) is 0 Å². The van der Waals surface area contributed by atoms with Gasteiger partial charge in [-0.2, -0.15) is 0 Å². The summed E-state index contributed by atoms with van der Waals surface area (Å²) in [5, 5.41) is 3.40. The summed E-state index contributed by atoms with van der Waals surface area (Å²) in [6.07, 6.45) is 0. The Labute approximate surface area is 111 Å². The minimum absolute atomic E-state index is 0.798. The highest BCUT2D eigenvalue weighted by Crippen LogP contribution is 2.14. The number of hydrogen-bond acceptors (Lipinski definition) is 3. The minimum Gasteiger partial charge on any atom is -0.380 e. The molecule has 18 heavy (non-hydrogen) atoms. The molecule has 0 heterocycles. The van der Waals surface area contributed by atoms with Crippen LogP contribution in [0, 0.1) is 6.92 Å². The lowest BCUT2D eigenvalue weighted by Gasteiger charge is -2.23. The van der Waals surface area contributed by atoms with Crippen molar-refractivity contribution in [3.63, 3.8) is 0 Å². The molecule has 0 atom stereocenters. The average molecular weight is 250 g/mol. The lowest BCUT2D eigenvalue weighted by molar-refractivity contribution is 0.149. The number of nitrogens with one attached hydrogen (secondary N) is 1. The highest BCUT2D eigenvalue weighted by Gasteiger charge is 2.03. The molecule has 0 aromatic heterocycles. The van der Waals surface area contributed by atoms with Gasteiger partial charge in [-0.15, -0.1) is 0 Å². The Kier molecular flexibility index (Phi) is 7.46. The first kappa shape index (κ1) is 15.0. The van der Waals surface area contributed by atoms with Crippen LogP contribution in [-0.4, -0.2) is 39.4 Å². The topological polar surface area (TPSA) is 24.5 Å². The number of anilines is 1. The Hall–Kier alpha value is -1.06. The molecule has 1 aromatic rings. The molecule has 0 amide bonds. The Morgan fingerprint density at radius 2 is 2.06 bits per heavy atom. The standard InChI is InChI=1S/C15H26N2O/c1-4-17(11-9-16-10-12-18-5-2)15-8-6-7-14(3)13-15/h6-8,13,16H,4-5,9-12H2,1-3H3. The van der Waals surface area contributed by atoms with Gasteiger partial charge in [-0.25, -0.2) is 0 Å². The maximum absolute atomic E-state index is 5.29. The molecule has 1 N–H and O–H groups in total. The van der Waals surface area contributed by atoms with E-state index in [0.717, 1.165) is 39.4 Å². The van der Waals surface area contributed by atoms with Crippen LogP contribution in [0.1, 0.15) is 19.4 Å². The average Bonchev–Trinajstić information content (AvgIpc) is 2.38. The Morgan fingerprint density at radius 3 is 2.72 bits per heavy atom. The number of hydrogen-bond donors (Lipinski definition) is 1. The SMILES string of the molecule is CCOCCNCCN(CC)c1cccc(C)c1. The van der Waals surface area contributed by atoms with Crippen LogP contribution in [0.5, 0.6) is 0 Å². The molecule has 1 rings (SSSR count). The number of rotatable bonds is 9. The summed E-state index contributed by atoms with van der Waals surface area (Å²) < 4.78 is 5.29. The third-order valence-corrected chi connectivity index (χ3v) is 2.93. The quantitative estimate of drug-likeness (QED) is 0.681. The van der Waals surface area contributed by atoms with E-state index in [1.54, 1.807) is 0 Å². The molecule has 0 aliphatic carbocycles. The van der Waals surface area contributed by atoms with Crippen molar-refractivity contribution < 1.29 is 4.74 Å². The third-order valence-electron chi connectivity index (χ3n) is 2.93. The van der Waals surface area contributed by atoms with Gasteiger partial charge in [-0.05, 0) is 38.5 Å². The van der Waals surface area contributed by atoms with E-state index in [-0.39, 0.29) is 0 Å². The molecule has 0 saturated carbocycles. The summed E-state index contributed by atoms with van der Waals surface area (Å²) in [6.45, 7) is 12.0. The number of nitrogens with zero attached hydrogens (tertiary/aromatic N) is 1. The molecule has 1 aromatic carbocycles. The summed E-state index contributed by atoms with van der Waals surface area (Å²) in [7, 11) is 0. The van der Waals surface area contributed by atoms with Crippen molar-refractivity contribution in [3.05, 3.63) is 29.8 Å². The first-order valence-corrected chi connectivity index (χ1v) is 6.88. The first-order chi connectivity index (χ1) is 8.77. The summed E-state index contributed by atoms with van der Waals surface area (Å²) in [5.41, 5.74) is 2.62. The van der Waals surface area contributed by atoms with Crippen LogP contribution in [0.3, 0.4) is 0 Å². The van der Waals surface area contributed by atoms with Crippen LogP contribution < -0.4 is 10.2 Å². The smallest absolute Gasteiger partial charge is 0.0590 e. The lowest BCUT2D eigenvalue weighted by Crippen LogP contribution is -2.33. The van der Waals surface area contributed by atoms with E-state index >= 15 is 0 Å². The largest absolute Gasteiger partial charge is 0.380 e. The van der Waals surface area contributed by atoms with Gasteiger partial charge in [0.1, 0.15) is 0 Å². The van der Waals surface area contributed by atoms with E-state index in [4.69, 9.17) is 4.74 Å². The molecule has 3 nitrogen and oxygen atoms in total. The van der Waals surface area contributed by atoms with E-state index in [1.807, 2.05) is 6.92 Å². The van der Waals surface area contributed by atoms with E-state index in [1.165, 1.54) is 11.3 Å². The van der Waals surface area contributed by atoms with Crippen molar-refractivity contribution in [1.29, 1.82) is 0 Å². The zero-order chi connectivity index (χ0) is 13.2. The second kappa shape index (κ2) is 8.95. The van der Waals surface area contributed by atoms with Gasteiger partial charge in [-0.3, -0.25) is 0 Å². The normalized spacial score (nSPS) is 10.6. The van der Waals surface area contributed by atoms with Crippen LogP contribution in [0.15, 0.2) is 24.3 Å². The number of aryl methyl sites for hydroxylation is 1. The van der Waals surface area contributed by atoms with Gasteiger partial charge < -0.3 is 15.0 Å². The second-order valence-corrected chi connectivity index (χ2v) is 4.37. The van der Waals surface area contributed by atoms with Gasteiger partial charge in [0.15, 0.2) is 0 Å². The molecule has 0 aliphatic rings. The summed E-state index contributed by atoms with van der Waals surface area (Å²) in [5.74, 6) is 0. The van der Waals surface area contributed by atoms with Crippen LogP contribution in [0.2, 0.25) is 0 Å². The molecular weight excluding hydrogens is 224 g/mol. The molecule has 0 bridgehead atoms. The van der Waals surface area contributed by atoms with Crippen molar-refractivity contribution in [1.82, 2.24) is 5.32 Å². The van der Waals surface area contributed by atoms with Crippen molar-refractivity contribution in [2.24, 2.45) is 0 Å². The highest BCUT2D eigenvalue weighted by atomic mass is 16.5. The molecule has 0 fully saturated rings. The fraction of sp³-hybridized carbons (Fsp3) is 0.600. The molecule has 102 valence electrons. The van der Waals surface area contributed by atoms with E-state index in [9.17, 15) is 0 Å². The monoisotopic (exact) mass is 250 g/mol. The molecule has 0 unspecified atom stereocenters. The summed E-state index contributed by atoms with van der Waals surface area (Å²) in [6, 6.07) is 8.67. The Balaban J connectivity index is 2.29. The van der Waals surface area contributed by atoms with E-state index < -0.39 is 0 Å². The fourth-order valence-electron chi connectivity index (χ4n) is 1.92.